The topological polar surface area (TPSA) is 93.6 Å². The molecular weight excluding hydrogens is 542 g/mol. The van der Waals surface area contributed by atoms with Crippen LogP contribution >= 0.6 is 11.3 Å². The molecule has 3 aliphatic heterocycles. The Morgan fingerprint density at radius 3 is 2.80 bits per heavy atom. The number of aromatic nitrogens is 1. The standard InChI is InChI=1S/C31H37N3O6S/c1-19-5-4-6-23(26-18-41-31(32-26)34-10-8-24(30(35)36)28(14-34)38-3)29(19)40-15-20-11-21-7-9-33(22-16-39-17-22)13-25(21)27(12-20)37-2/h4-6,11-12,18,22,24,28H,7-10,13-17H2,1-3H3,(H,35,36)/t24-,28+/m1/s1. The second kappa shape index (κ2) is 12.0. The number of hydrogen-bond acceptors (Lipinski definition) is 9. The van der Waals surface area contributed by atoms with Crippen molar-refractivity contribution in [3.05, 3.63) is 58.0 Å². The Balaban J connectivity index is 1.19. The van der Waals surface area contributed by atoms with Crippen LogP contribution in [0, 0.1) is 12.8 Å². The van der Waals surface area contributed by atoms with Gasteiger partial charge in [-0.3, -0.25) is 9.69 Å². The lowest BCUT2D eigenvalue weighted by molar-refractivity contribution is -0.147. The van der Waals surface area contributed by atoms with E-state index in [1.165, 1.54) is 11.1 Å². The minimum atomic E-state index is -0.805. The molecule has 0 amide bonds. The fourth-order valence-electron chi connectivity index (χ4n) is 6.07. The van der Waals surface area contributed by atoms with E-state index in [-0.39, 0.29) is 6.10 Å². The van der Waals surface area contributed by atoms with Gasteiger partial charge in [0.1, 0.15) is 18.1 Å². The van der Waals surface area contributed by atoms with Crippen molar-refractivity contribution in [2.45, 2.75) is 45.1 Å². The van der Waals surface area contributed by atoms with Crippen LogP contribution < -0.4 is 14.4 Å². The number of anilines is 1. The van der Waals surface area contributed by atoms with E-state index in [0.717, 1.165) is 71.7 Å². The van der Waals surface area contributed by atoms with Gasteiger partial charge >= 0.3 is 5.97 Å². The second-order valence-electron chi connectivity index (χ2n) is 11.1. The Morgan fingerprint density at radius 2 is 2.07 bits per heavy atom. The van der Waals surface area contributed by atoms with E-state index in [9.17, 15) is 9.90 Å². The van der Waals surface area contributed by atoms with Gasteiger partial charge in [0.2, 0.25) is 0 Å². The molecule has 2 saturated heterocycles. The predicted octanol–water partition coefficient (Wildman–Crippen LogP) is 4.39. The first-order valence-corrected chi connectivity index (χ1v) is 15.0. The Morgan fingerprint density at radius 1 is 1.22 bits per heavy atom. The molecule has 4 heterocycles. The van der Waals surface area contributed by atoms with Crippen molar-refractivity contribution in [2.75, 3.05) is 52.0 Å². The number of aryl methyl sites for hydroxylation is 1. The van der Waals surface area contributed by atoms with Crippen LogP contribution in [0.25, 0.3) is 11.3 Å². The van der Waals surface area contributed by atoms with E-state index in [4.69, 9.17) is 23.9 Å². The van der Waals surface area contributed by atoms with E-state index < -0.39 is 11.9 Å². The van der Waals surface area contributed by atoms with Gasteiger partial charge in [-0.2, -0.15) is 0 Å². The molecule has 3 aliphatic rings. The van der Waals surface area contributed by atoms with Crippen molar-refractivity contribution in [1.82, 2.24) is 9.88 Å². The van der Waals surface area contributed by atoms with Crippen LogP contribution in [0.1, 0.15) is 28.7 Å². The molecule has 6 rings (SSSR count). The van der Waals surface area contributed by atoms with Gasteiger partial charge in [-0.05, 0) is 48.6 Å². The summed E-state index contributed by atoms with van der Waals surface area (Å²) < 4.78 is 23.2. The number of methoxy groups -OCH3 is 2. The number of aliphatic carboxylic acids is 1. The summed E-state index contributed by atoms with van der Waals surface area (Å²) in [7, 11) is 3.31. The van der Waals surface area contributed by atoms with Gasteiger partial charge in [0, 0.05) is 49.8 Å². The molecule has 1 N–H and O–H groups in total. The van der Waals surface area contributed by atoms with Crippen LogP contribution in [0.5, 0.6) is 11.5 Å². The van der Waals surface area contributed by atoms with Crippen molar-refractivity contribution in [3.63, 3.8) is 0 Å². The maximum atomic E-state index is 11.6. The van der Waals surface area contributed by atoms with E-state index in [1.54, 1.807) is 25.6 Å². The molecule has 2 fully saturated rings. The van der Waals surface area contributed by atoms with Crippen molar-refractivity contribution >= 4 is 22.4 Å². The molecule has 2 aromatic carbocycles. The quantitative estimate of drug-likeness (QED) is 0.396. The number of carboxylic acid groups (broad SMARTS) is 1. The lowest BCUT2D eigenvalue weighted by Gasteiger charge is -2.40. The molecular formula is C31H37N3O6S. The van der Waals surface area contributed by atoms with E-state index in [0.29, 0.717) is 32.2 Å². The Labute approximate surface area is 244 Å². The third-order valence-electron chi connectivity index (χ3n) is 8.56. The maximum Gasteiger partial charge on any atom is 0.309 e. The predicted molar refractivity (Wildman–Crippen MR) is 157 cm³/mol. The number of thiazole rings is 1. The largest absolute Gasteiger partial charge is 0.496 e. The summed E-state index contributed by atoms with van der Waals surface area (Å²) in [5.41, 5.74) is 6.52. The number of piperidine rings is 1. The average molecular weight is 580 g/mol. The van der Waals surface area contributed by atoms with Crippen LogP contribution in [-0.2, 0) is 33.8 Å². The number of fused-ring (bicyclic) bond motifs is 1. The van der Waals surface area contributed by atoms with Gasteiger partial charge in [0.25, 0.3) is 0 Å². The molecule has 0 spiro atoms. The maximum absolute atomic E-state index is 11.6. The molecule has 0 unspecified atom stereocenters. The third-order valence-corrected chi connectivity index (χ3v) is 9.46. The second-order valence-corrected chi connectivity index (χ2v) is 11.9. The number of carboxylic acids is 1. The number of rotatable bonds is 9. The molecule has 218 valence electrons. The lowest BCUT2D eigenvalue weighted by Crippen LogP contribution is -2.50. The highest BCUT2D eigenvalue weighted by Crippen LogP contribution is 2.38. The number of ether oxygens (including phenoxy) is 4. The molecule has 1 aromatic heterocycles. The number of benzene rings is 2. The van der Waals surface area contributed by atoms with Gasteiger partial charge in [0.05, 0.1) is 44.1 Å². The number of carbonyl (C=O) groups is 1. The summed E-state index contributed by atoms with van der Waals surface area (Å²) in [6, 6.07) is 11.0. The lowest BCUT2D eigenvalue weighted by atomic mass is 9.94. The Hall–Kier alpha value is -3.18. The van der Waals surface area contributed by atoms with Crippen LogP contribution in [0.2, 0.25) is 0 Å². The summed E-state index contributed by atoms with van der Waals surface area (Å²) in [5.74, 6) is 0.434. The molecule has 9 nitrogen and oxygen atoms in total. The van der Waals surface area contributed by atoms with Crippen molar-refractivity contribution in [2.24, 2.45) is 5.92 Å². The average Bonchev–Trinajstić information content (AvgIpc) is 3.45. The first-order valence-electron chi connectivity index (χ1n) is 14.1. The molecule has 0 saturated carbocycles. The zero-order chi connectivity index (χ0) is 28.5. The van der Waals surface area contributed by atoms with Gasteiger partial charge in [-0.15, -0.1) is 11.3 Å². The van der Waals surface area contributed by atoms with Gasteiger partial charge < -0.3 is 29.0 Å². The van der Waals surface area contributed by atoms with Crippen LogP contribution in [-0.4, -0.2) is 80.2 Å². The van der Waals surface area contributed by atoms with Crippen LogP contribution in [0.3, 0.4) is 0 Å². The highest BCUT2D eigenvalue weighted by Gasteiger charge is 2.35. The highest BCUT2D eigenvalue weighted by molar-refractivity contribution is 7.14. The molecule has 0 bridgehead atoms. The molecule has 3 aromatic rings. The molecule has 10 heteroatoms. The highest BCUT2D eigenvalue weighted by atomic mass is 32.1. The van der Waals surface area contributed by atoms with Gasteiger partial charge in [-0.25, -0.2) is 4.98 Å². The first-order chi connectivity index (χ1) is 19.9. The summed E-state index contributed by atoms with van der Waals surface area (Å²) >= 11 is 1.56. The minimum absolute atomic E-state index is 0.365. The molecule has 0 aliphatic carbocycles. The fraction of sp³-hybridized carbons (Fsp3) is 0.484. The van der Waals surface area contributed by atoms with Gasteiger partial charge in [0.15, 0.2) is 5.13 Å². The fourth-order valence-corrected chi connectivity index (χ4v) is 6.93. The molecule has 0 radical (unpaired) electrons. The Kier molecular flexibility index (Phi) is 8.16. The van der Waals surface area contributed by atoms with Crippen LogP contribution in [0.15, 0.2) is 35.7 Å². The summed E-state index contributed by atoms with van der Waals surface area (Å²) in [6.45, 7) is 7.17. The van der Waals surface area contributed by atoms with E-state index in [2.05, 4.69) is 34.9 Å². The summed E-state index contributed by atoms with van der Waals surface area (Å²) in [6.07, 6.45) is 1.15. The normalized spacial score (nSPS) is 21.3. The molecule has 2 atom stereocenters. The molecule has 41 heavy (non-hydrogen) atoms. The van der Waals surface area contributed by atoms with E-state index >= 15 is 0 Å². The smallest absolute Gasteiger partial charge is 0.309 e. The summed E-state index contributed by atoms with van der Waals surface area (Å²) in [4.78, 5) is 21.2. The zero-order valence-electron chi connectivity index (χ0n) is 23.8. The third kappa shape index (κ3) is 5.66. The van der Waals surface area contributed by atoms with Crippen LogP contribution in [0.4, 0.5) is 5.13 Å². The minimum Gasteiger partial charge on any atom is -0.496 e. The number of nitrogens with zero attached hydrogens (tertiary/aromatic N) is 3. The van der Waals surface area contributed by atoms with Gasteiger partial charge in [-0.1, -0.05) is 18.2 Å². The summed E-state index contributed by atoms with van der Waals surface area (Å²) in [5, 5.41) is 12.4. The van der Waals surface area contributed by atoms with Crippen molar-refractivity contribution in [1.29, 1.82) is 0 Å². The first kappa shape index (κ1) is 28.0. The SMILES string of the molecule is COc1cc(COc2c(C)cccc2-c2csc(N3CC[C@@H](C(=O)O)[C@@H](OC)C3)n2)cc2c1CN(C1COC1)CC2. The van der Waals surface area contributed by atoms with Crippen molar-refractivity contribution < 1.29 is 28.8 Å². The van der Waals surface area contributed by atoms with Crippen molar-refractivity contribution in [3.8, 4) is 22.8 Å². The zero-order valence-corrected chi connectivity index (χ0v) is 24.6. The van der Waals surface area contributed by atoms with E-state index in [1.807, 2.05) is 17.5 Å². The number of para-hydroxylation sites is 1. The Bertz CT molecular complexity index is 1390. The monoisotopic (exact) mass is 579 g/mol. The number of hydrogen-bond donors (Lipinski definition) is 1.